The Labute approximate surface area is 107 Å². The average molecular weight is 250 g/mol. The van der Waals surface area contributed by atoms with Crippen LogP contribution in [0.2, 0.25) is 0 Å². The standard InChI is InChI=1S/C14H19FN2O/c1-11(17-9-5-2-6-10-17)14(18)16-13-8-4-3-7-12(13)15/h3-4,7-8,11H,2,5-6,9-10H2,1H3,(H,16,18)/t11-/m0/s1. The Kier molecular flexibility index (Phi) is 4.31. The first-order valence-corrected chi connectivity index (χ1v) is 6.48. The van der Waals surface area contributed by atoms with Crippen molar-refractivity contribution in [1.82, 2.24) is 4.90 Å². The van der Waals surface area contributed by atoms with E-state index in [1.165, 1.54) is 12.5 Å². The van der Waals surface area contributed by atoms with Crippen molar-refractivity contribution in [3.63, 3.8) is 0 Å². The predicted molar refractivity (Wildman–Crippen MR) is 69.9 cm³/mol. The van der Waals surface area contributed by atoms with Crippen LogP contribution in [0.15, 0.2) is 24.3 Å². The number of carbonyl (C=O) groups excluding carboxylic acids is 1. The summed E-state index contributed by atoms with van der Waals surface area (Å²) in [7, 11) is 0. The number of carbonyl (C=O) groups is 1. The maximum absolute atomic E-state index is 13.4. The molecule has 0 aromatic heterocycles. The van der Waals surface area contributed by atoms with Crippen LogP contribution in [0.25, 0.3) is 0 Å². The monoisotopic (exact) mass is 250 g/mol. The van der Waals surface area contributed by atoms with Gasteiger partial charge in [-0.2, -0.15) is 0 Å². The normalized spacial score (nSPS) is 18.3. The molecule has 0 unspecified atom stereocenters. The quantitative estimate of drug-likeness (QED) is 0.894. The number of amides is 1. The summed E-state index contributed by atoms with van der Waals surface area (Å²) in [5.41, 5.74) is 0.256. The molecule has 1 saturated heterocycles. The van der Waals surface area contributed by atoms with Crippen molar-refractivity contribution in [2.24, 2.45) is 0 Å². The van der Waals surface area contributed by atoms with Gasteiger partial charge in [-0.25, -0.2) is 4.39 Å². The Hall–Kier alpha value is -1.42. The van der Waals surface area contributed by atoms with Gasteiger partial charge in [0.15, 0.2) is 0 Å². The molecule has 1 aliphatic rings. The molecular weight excluding hydrogens is 231 g/mol. The Morgan fingerprint density at radius 2 is 1.94 bits per heavy atom. The van der Waals surface area contributed by atoms with Gasteiger partial charge in [0, 0.05) is 0 Å². The molecule has 0 aliphatic carbocycles. The smallest absolute Gasteiger partial charge is 0.241 e. The van der Waals surface area contributed by atoms with E-state index in [-0.39, 0.29) is 17.6 Å². The topological polar surface area (TPSA) is 32.3 Å². The second-order valence-electron chi connectivity index (χ2n) is 4.74. The lowest BCUT2D eigenvalue weighted by Gasteiger charge is -2.31. The average Bonchev–Trinajstić information content (AvgIpc) is 2.41. The summed E-state index contributed by atoms with van der Waals surface area (Å²) in [6.07, 6.45) is 3.51. The third-order valence-corrected chi connectivity index (χ3v) is 3.45. The molecule has 0 saturated carbocycles. The fourth-order valence-corrected chi connectivity index (χ4v) is 2.27. The Morgan fingerprint density at radius 3 is 2.61 bits per heavy atom. The SMILES string of the molecule is C[C@@H](C(=O)Nc1ccccc1F)N1CCCCC1. The predicted octanol–water partition coefficient (Wildman–Crippen LogP) is 2.64. The van der Waals surface area contributed by atoms with E-state index in [4.69, 9.17) is 0 Å². The van der Waals surface area contributed by atoms with Gasteiger partial charge in [-0.1, -0.05) is 18.6 Å². The molecule has 0 spiro atoms. The fraction of sp³-hybridized carbons (Fsp3) is 0.500. The molecule has 1 fully saturated rings. The molecule has 0 bridgehead atoms. The molecule has 1 N–H and O–H groups in total. The Bertz CT molecular complexity index is 416. The summed E-state index contributed by atoms with van der Waals surface area (Å²) in [4.78, 5) is 14.2. The highest BCUT2D eigenvalue weighted by Crippen LogP contribution is 2.16. The maximum Gasteiger partial charge on any atom is 0.241 e. The van der Waals surface area contributed by atoms with E-state index in [9.17, 15) is 9.18 Å². The van der Waals surface area contributed by atoms with Crippen LogP contribution in [0.1, 0.15) is 26.2 Å². The number of benzene rings is 1. The fourth-order valence-electron chi connectivity index (χ4n) is 2.27. The summed E-state index contributed by atoms with van der Waals surface area (Å²) in [5.74, 6) is -0.529. The number of likely N-dealkylation sites (tertiary alicyclic amines) is 1. The molecule has 1 aromatic rings. The van der Waals surface area contributed by atoms with E-state index in [0.717, 1.165) is 25.9 Å². The first-order valence-electron chi connectivity index (χ1n) is 6.48. The van der Waals surface area contributed by atoms with Crippen LogP contribution in [-0.2, 0) is 4.79 Å². The molecule has 1 aliphatic heterocycles. The summed E-state index contributed by atoms with van der Waals surface area (Å²) in [6.45, 7) is 3.78. The van der Waals surface area contributed by atoms with Gasteiger partial charge in [0.1, 0.15) is 5.82 Å². The first-order chi connectivity index (χ1) is 8.68. The third kappa shape index (κ3) is 3.07. The van der Waals surface area contributed by atoms with Gasteiger partial charge in [0.05, 0.1) is 11.7 Å². The molecule has 0 radical (unpaired) electrons. The number of para-hydroxylation sites is 1. The number of hydrogen-bond donors (Lipinski definition) is 1. The van der Waals surface area contributed by atoms with Gasteiger partial charge in [-0.05, 0) is 45.0 Å². The number of rotatable bonds is 3. The van der Waals surface area contributed by atoms with Gasteiger partial charge in [0.2, 0.25) is 5.91 Å². The van der Waals surface area contributed by atoms with Crippen molar-refractivity contribution in [2.75, 3.05) is 18.4 Å². The highest BCUT2D eigenvalue weighted by Gasteiger charge is 2.23. The number of anilines is 1. The van der Waals surface area contributed by atoms with Crippen molar-refractivity contribution >= 4 is 11.6 Å². The highest BCUT2D eigenvalue weighted by atomic mass is 19.1. The molecule has 1 aromatic carbocycles. The van der Waals surface area contributed by atoms with E-state index in [1.807, 2.05) is 6.92 Å². The van der Waals surface area contributed by atoms with Crippen molar-refractivity contribution in [3.8, 4) is 0 Å². The number of nitrogens with zero attached hydrogens (tertiary/aromatic N) is 1. The van der Waals surface area contributed by atoms with Crippen LogP contribution in [-0.4, -0.2) is 29.9 Å². The summed E-state index contributed by atoms with van der Waals surface area (Å²) >= 11 is 0. The molecular formula is C14H19FN2O. The second kappa shape index (κ2) is 5.96. The minimum atomic E-state index is -0.392. The van der Waals surface area contributed by atoms with Crippen LogP contribution in [0, 0.1) is 5.82 Å². The van der Waals surface area contributed by atoms with Crippen LogP contribution in [0.4, 0.5) is 10.1 Å². The largest absolute Gasteiger partial charge is 0.322 e. The minimum absolute atomic E-state index is 0.137. The molecule has 3 nitrogen and oxygen atoms in total. The molecule has 1 atom stereocenters. The lowest BCUT2D eigenvalue weighted by Crippen LogP contribution is -2.44. The lowest BCUT2D eigenvalue weighted by molar-refractivity contribution is -0.121. The zero-order valence-corrected chi connectivity index (χ0v) is 10.7. The van der Waals surface area contributed by atoms with E-state index in [0.29, 0.717) is 0 Å². The van der Waals surface area contributed by atoms with Crippen molar-refractivity contribution < 1.29 is 9.18 Å². The summed E-state index contributed by atoms with van der Waals surface area (Å²) < 4.78 is 13.4. The number of nitrogens with one attached hydrogen (secondary N) is 1. The van der Waals surface area contributed by atoms with Gasteiger partial charge >= 0.3 is 0 Å². The number of hydrogen-bond acceptors (Lipinski definition) is 2. The molecule has 98 valence electrons. The minimum Gasteiger partial charge on any atom is -0.322 e. The van der Waals surface area contributed by atoms with Gasteiger partial charge in [-0.15, -0.1) is 0 Å². The number of piperidine rings is 1. The van der Waals surface area contributed by atoms with Crippen LogP contribution >= 0.6 is 0 Å². The Balaban J connectivity index is 1.97. The van der Waals surface area contributed by atoms with Crippen molar-refractivity contribution in [2.45, 2.75) is 32.2 Å². The molecule has 2 rings (SSSR count). The van der Waals surface area contributed by atoms with E-state index >= 15 is 0 Å². The van der Waals surface area contributed by atoms with E-state index in [2.05, 4.69) is 10.2 Å². The lowest BCUT2D eigenvalue weighted by atomic mass is 10.1. The van der Waals surface area contributed by atoms with E-state index < -0.39 is 5.82 Å². The van der Waals surface area contributed by atoms with Gasteiger partial charge in [-0.3, -0.25) is 9.69 Å². The number of halogens is 1. The van der Waals surface area contributed by atoms with Crippen LogP contribution in [0.3, 0.4) is 0 Å². The maximum atomic E-state index is 13.4. The second-order valence-corrected chi connectivity index (χ2v) is 4.74. The molecule has 1 heterocycles. The van der Waals surface area contributed by atoms with E-state index in [1.54, 1.807) is 18.2 Å². The molecule has 18 heavy (non-hydrogen) atoms. The molecule has 4 heteroatoms. The zero-order chi connectivity index (χ0) is 13.0. The zero-order valence-electron chi connectivity index (χ0n) is 10.7. The Morgan fingerprint density at radius 1 is 1.28 bits per heavy atom. The van der Waals surface area contributed by atoms with Gasteiger partial charge in [0.25, 0.3) is 0 Å². The first kappa shape index (κ1) is 13.0. The van der Waals surface area contributed by atoms with Crippen molar-refractivity contribution in [3.05, 3.63) is 30.1 Å². The third-order valence-electron chi connectivity index (χ3n) is 3.45. The van der Waals surface area contributed by atoms with Crippen LogP contribution < -0.4 is 5.32 Å². The summed E-state index contributed by atoms with van der Waals surface area (Å²) in [5, 5.41) is 2.65. The summed E-state index contributed by atoms with van der Waals surface area (Å²) in [6, 6.07) is 6.05. The highest BCUT2D eigenvalue weighted by molar-refractivity contribution is 5.94. The van der Waals surface area contributed by atoms with Crippen LogP contribution in [0.5, 0.6) is 0 Å². The van der Waals surface area contributed by atoms with Crippen molar-refractivity contribution in [1.29, 1.82) is 0 Å². The molecule has 1 amide bonds. The van der Waals surface area contributed by atoms with Gasteiger partial charge < -0.3 is 5.32 Å².